The van der Waals surface area contributed by atoms with Crippen molar-refractivity contribution in [2.45, 2.75) is 0 Å². The molecular weight excluding hydrogens is 154 g/mol. The quantitative estimate of drug-likeness (QED) is 0.749. The van der Waals surface area contributed by atoms with E-state index in [2.05, 4.69) is 5.32 Å². The Morgan fingerprint density at radius 2 is 2.00 bits per heavy atom. The summed E-state index contributed by atoms with van der Waals surface area (Å²) < 4.78 is 31.2. The molecular formula is C9H13NO2. The van der Waals surface area contributed by atoms with Crippen molar-refractivity contribution >= 4 is 5.69 Å². The van der Waals surface area contributed by atoms with E-state index < -0.39 is 6.98 Å². The number of methoxy groups -OCH3 is 2. The van der Waals surface area contributed by atoms with E-state index in [0.717, 1.165) is 0 Å². The van der Waals surface area contributed by atoms with Crippen molar-refractivity contribution in [3.05, 3.63) is 18.2 Å². The van der Waals surface area contributed by atoms with Crippen molar-refractivity contribution in [3.8, 4) is 11.5 Å². The van der Waals surface area contributed by atoms with Gasteiger partial charge in [0.2, 0.25) is 0 Å². The van der Waals surface area contributed by atoms with E-state index >= 15 is 0 Å². The largest absolute Gasteiger partial charge is 0.493 e. The fourth-order valence-electron chi connectivity index (χ4n) is 0.914. The molecule has 1 aromatic carbocycles. The predicted molar refractivity (Wildman–Crippen MR) is 49.1 cm³/mol. The smallest absolute Gasteiger partial charge is 0.162 e. The van der Waals surface area contributed by atoms with Crippen LogP contribution in [0.4, 0.5) is 5.69 Å². The maximum absolute atomic E-state index is 7.05. The number of nitrogens with one attached hydrogen (secondary N) is 1. The molecule has 0 aliphatic heterocycles. The molecule has 0 amide bonds. The molecule has 3 nitrogen and oxygen atoms in total. The topological polar surface area (TPSA) is 30.5 Å². The molecule has 0 saturated heterocycles. The highest BCUT2D eigenvalue weighted by molar-refractivity contribution is 5.54. The first kappa shape index (κ1) is 5.30. The van der Waals surface area contributed by atoms with Gasteiger partial charge >= 0.3 is 0 Å². The van der Waals surface area contributed by atoms with Gasteiger partial charge in [-0.1, -0.05) is 0 Å². The molecule has 0 aromatic heterocycles. The third-order valence-electron chi connectivity index (χ3n) is 1.53. The van der Waals surface area contributed by atoms with Crippen LogP contribution in [-0.4, -0.2) is 21.2 Å². The average Bonchev–Trinajstić information content (AvgIpc) is 2.15. The maximum Gasteiger partial charge on any atom is 0.162 e. The lowest BCUT2D eigenvalue weighted by Gasteiger charge is -2.08. The van der Waals surface area contributed by atoms with Crippen LogP contribution in [0.15, 0.2) is 18.2 Å². The number of benzene rings is 1. The molecule has 0 saturated carbocycles. The highest BCUT2D eigenvalue weighted by atomic mass is 16.5. The molecule has 1 N–H and O–H groups in total. The fourth-order valence-corrected chi connectivity index (χ4v) is 0.914. The first-order chi connectivity index (χ1) is 6.96. The molecule has 0 fully saturated rings. The SMILES string of the molecule is [2H]C([2H])([2H])Nc1ccc(OC)c(OC)c1. The van der Waals surface area contributed by atoms with Crippen LogP contribution in [0.1, 0.15) is 4.11 Å². The van der Waals surface area contributed by atoms with Gasteiger partial charge in [-0.15, -0.1) is 0 Å². The van der Waals surface area contributed by atoms with Crippen molar-refractivity contribution in [2.24, 2.45) is 0 Å². The van der Waals surface area contributed by atoms with Crippen molar-refractivity contribution in [1.82, 2.24) is 0 Å². The Morgan fingerprint density at radius 1 is 1.25 bits per heavy atom. The summed E-state index contributed by atoms with van der Waals surface area (Å²) in [4.78, 5) is 0. The molecule has 1 rings (SSSR count). The summed E-state index contributed by atoms with van der Waals surface area (Å²) in [6, 6.07) is 4.84. The molecule has 0 aliphatic rings. The molecule has 3 heteroatoms. The molecule has 66 valence electrons. The Hall–Kier alpha value is -1.38. The van der Waals surface area contributed by atoms with E-state index in [1.54, 1.807) is 18.2 Å². The predicted octanol–water partition coefficient (Wildman–Crippen LogP) is 1.75. The number of rotatable bonds is 3. The van der Waals surface area contributed by atoms with Crippen molar-refractivity contribution < 1.29 is 13.6 Å². The second-order valence-electron chi connectivity index (χ2n) is 2.19. The van der Waals surface area contributed by atoms with E-state index in [9.17, 15) is 0 Å². The van der Waals surface area contributed by atoms with Gasteiger partial charge in [-0.05, 0) is 12.1 Å². The van der Waals surface area contributed by atoms with Crippen LogP contribution < -0.4 is 14.8 Å². The first-order valence-corrected chi connectivity index (χ1v) is 3.46. The van der Waals surface area contributed by atoms with Crippen LogP contribution in [0, 0.1) is 0 Å². The Morgan fingerprint density at radius 3 is 2.58 bits per heavy atom. The van der Waals surface area contributed by atoms with E-state index in [4.69, 9.17) is 13.6 Å². The van der Waals surface area contributed by atoms with Crippen molar-refractivity contribution in [3.63, 3.8) is 0 Å². The van der Waals surface area contributed by atoms with Crippen molar-refractivity contribution in [1.29, 1.82) is 0 Å². The van der Waals surface area contributed by atoms with Gasteiger partial charge in [-0.2, -0.15) is 0 Å². The maximum atomic E-state index is 7.05. The lowest BCUT2D eigenvalue weighted by molar-refractivity contribution is 0.355. The number of hydrogen-bond acceptors (Lipinski definition) is 3. The minimum atomic E-state index is -2.21. The standard InChI is InChI=1S/C9H13NO2/c1-10-7-4-5-8(11-2)9(6-7)12-3/h4-6,10H,1-3H3/i1D3. The van der Waals surface area contributed by atoms with Crippen LogP contribution in [0.2, 0.25) is 0 Å². The van der Waals surface area contributed by atoms with Crippen LogP contribution in [0.3, 0.4) is 0 Å². The highest BCUT2D eigenvalue weighted by Gasteiger charge is 2.02. The average molecular weight is 170 g/mol. The van der Waals surface area contributed by atoms with E-state index in [1.807, 2.05) is 0 Å². The number of hydrogen-bond donors (Lipinski definition) is 1. The summed E-state index contributed by atoms with van der Waals surface area (Å²) in [6.07, 6.45) is 0. The van der Waals surface area contributed by atoms with Gasteiger partial charge in [-0.3, -0.25) is 0 Å². The molecule has 0 spiro atoms. The summed E-state index contributed by atoms with van der Waals surface area (Å²) in [7, 11) is 3.02. The molecule has 0 bridgehead atoms. The second kappa shape index (κ2) is 3.85. The Kier molecular flexibility index (Phi) is 1.70. The second-order valence-corrected chi connectivity index (χ2v) is 2.19. The zero-order valence-corrected chi connectivity index (χ0v) is 7.05. The summed E-state index contributed by atoms with van der Waals surface area (Å²) in [5.74, 6) is 1.06. The molecule has 0 atom stereocenters. The summed E-state index contributed by atoms with van der Waals surface area (Å²) >= 11 is 0. The zero-order chi connectivity index (χ0) is 11.5. The minimum absolute atomic E-state index is 0.465. The molecule has 0 unspecified atom stereocenters. The minimum Gasteiger partial charge on any atom is -0.493 e. The first-order valence-electron chi connectivity index (χ1n) is 4.96. The third-order valence-corrected chi connectivity index (χ3v) is 1.53. The highest BCUT2D eigenvalue weighted by Crippen LogP contribution is 2.29. The number of ether oxygens (including phenoxy) is 2. The van der Waals surface area contributed by atoms with Crippen molar-refractivity contribution in [2.75, 3.05) is 26.5 Å². The van der Waals surface area contributed by atoms with Gasteiger partial charge in [0.1, 0.15) is 0 Å². The Balaban J connectivity index is 2.93. The van der Waals surface area contributed by atoms with E-state index in [1.165, 1.54) is 14.2 Å². The molecule has 0 aliphatic carbocycles. The van der Waals surface area contributed by atoms with Gasteiger partial charge in [0, 0.05) is 22.8 Å². The van der Waals surface area contributed by atoms with Gasteiger partial charge in [0.25, 0.3) is 0 Å². The molecule has 0 radical (unpaired) electrons. The summed E-state index contributed by atoms with van der Waals surface area (Å²) in [5, 5.41) is 2.37. The summed E-state index contributed by atoms with van der Waals surface area (Å²) in [5.41, 5.74) is 0.465. The number of anilines is 1. The van der Waals surface area contributed by atoms with Crippen LogP contribution in [-0.2, 0) is 0 Å². The van der Waals surface area contributed by atoms with E-state index in [0.29, 0.717) is 17.2 Å². The molecule has 1 aromatic rings. The zero-order valence-electron chi connectivity index (χ0n) is 10.0. The van der Waals surface area contributed by atoms with Gasteiger partial charge in [-0.25, -0.2) is 0 Å². The van der Waals surface area contributed by atoms with Crippen LogP contribution in [0.5, 0.6) is 11.5 Å². The Bertz CT molecular complexity index is 339. The lowest BCUT2D eigenvalue weighted by Crippen LogP contribution is -1.93. The van der Waals surface area contributed by atoms with E-state index in [-0.39, 0.29) is 0 Å². The normalized spacial score (nSPS) is 14.0. The Labute approximate surface area is 76.5 Å². The van der Waals surface area contributed by atoms with Gasteiger partial charge in [0.05, 0.1) is 14.2 Å². The van der Waals surface area contributed by atoms with Crippen LogP contribution >= 0.6 is 0 Å². The molecule has 0 heterocycles. The van der Waals surface area contributed by atoms with Crippen LogP contribution in [0.25, 0.3) is 0 Å². The van der Waals surface area contributed by atoms with Gasteiger partial charge < -0.3 is 14.8 Å². The lowest BCUT2D eigenvalue weighted by atomic mass is 10.3. The summed E-state index contributed by atoms with van der Waals surface area (Å²) in [6.45, 7) is -2.21. The fraction of sp³-hybridized carbons (Fsp3) is 0.333. The third kappa shape index (κ3) is 1.61. The molecule has 12 heavy (non-hydrogen) atoms. The monoisotopic (exact) mass is 170 g/mol. The van der Waals surface area contributed by atoms with Gasteiger partial charge in [0.15, 0.2) is 11.5 Å².